The van der Waals surface area contributed by atoms with Gasteiger partial charge >= 0.3 is 0 Å². The molecule has 2 heterocycles. The third kappa shape index (κ3) is 3.75. The molecule has 0 radical (unpaired) electrons. The fourth-order valence-electron chi connectivity index (χ4n) is 1.86. The van der Waals surface area contributed by atoms with Crippen LogP contribution in [0.5, 0.6) is 0 Å². The van der Waals surface area contributed by atoms with E-state index < -0.39 is 0 Å². The molecule has 102 valence electrons. The van der Waals surface area contributed by atoms with Crippen molar-refractivity contribution >= 4 is 11.6 Å². The lowest BCUT2D eigenvalue weighted by Gasteiger charge is -2.04. The molecule has 2 aromatic rings. The first-order chi connectivity index (χ1) is 9.31. The predicted molar refractivity (Wildman–Crippen MR) is 70.6 cm³/mol. The highest BCUT2D eigenvalue weighted by atomic mass is 16.3. The van der Waals surface area contributed by atoms with Crippen molar-refractivity contribution in [2.24, 2.45) is 0 Å². The molecule has 2 N–H and O–H groups in total. The molecule has 0 atom stereocenters. The van der Waals surface area contributed by atoms with Crippen molar-refractivity contribution in [2.45, 2.75) is 25.7 Å². The third-order valence-electron chi connectivity index (χ3n) is 2.87. The number of aliphatic hydroxyl groups excluding tert-OH is 1. The summed E-state index contributed by atoms with van der Waals surface area (Å²) in [5.41, 5.74) is 0.812. The van der Waals surface area contributed by atoms with Crippen LogP contribution in [-0.4, -0.2) is 38.8 Å². The maximum absolute atomic E-state index is 11.5. The molecule has 0 bridgehead atoms. The lowest BCUT2D eigenvalue weighted by molar-refractivity contribution is -0.121. The van der Waals surface area contributed by atoms with Gasteiger partial charge in [0.1, 0.15) is 5.82 Å². The van der Waals surface area contributed by atoms with E-state index in [1.54, 1.807) is 0 Å². The van der Waals surface area contributed by atoms with Gasteiger partial charge in [-0.25, -0.2) is 0 Å². The average Bonchev–Trinajstić information content (AvgIpc) is 2.83. The minimum atomic E-state index is 0.0160. The van der Waals surface area contributed by atoms with Crippen molar-refractivity contribution in [2.75, 3.05) is 13.2 Å². The summed E-state index contributed by atoms with van der Waals surface area (Å²) in [5, 5.41) is 19.6. The average molecular weight is 262 g/mol. The molecular weight excluding hydrogens is 244 g/mol. The van der Waals surface area contributed by atoms with E-state index in [2.05, 4.69) is 15.5 Å². The number of hydrogen-bond acceptors (Lipinski definition) is 4. The van der Waals surface area contributed by atoms with Crippen molar-refractivity contribution < 1.29 is 9.90 Å². The zero-order valence-electron chi connectivity index (χ0n) is 10.7. The van der Waals surface area contributed by atoms with Gasteiger partial charge in [0, 0.05) is 32.2 Å². The molecule has 0 aliphatic carbocycles. The topological polar surface area (TPSA) is 79.5 Å². The second-order valence-corrected chi connectivity index (χ2v) is 4.33. The van der Waals surface area contributed by atoms with Gasteiger partial charge in [0.25, 0.3) is 0 Å². The third-order valence-corrected chi connectivity index (χ3v) is 2.87. The Morgan fingerprint density at radius 3 is 3.05 bits per heavy atom. The summed E-state index contributed by atoms with van der Waals surface area (Å²) < 4.78 is 1.91. The highest BCUT2D eigenvalue weighted by Crippen LogP contribution is 2.03. The minimum absolute atomic E-state index is 0.0160. The van der Waals surface area contributed by atoms with Crippen LogP contribution in [0.25, 0.3) is 5.65 Å². The van der Waals surface area contributed by atoms with Crippen molar-refractivity contribution in [3.63, 3.8) is 0 Å². The minimum Gasteiger partial charge on any atom is -0.396 e. The number of pyridine rings is 1. The fraction of sp³-hybridized carbons (Fsp3) is 0.462. The second kappa shape index (κ2) is 6.84. The van der Waals surface area contributed by atoms with E-state index in [-0.39, 0.29) is 12.5 Å². The summed E-state index contributed by atoms with van der Waals surface area (Å²) in [4.78, 5) is 11.5. The van der Waals surface area contributed by atoms with E-state index in [4.69, 9.17) is 5.11 Å². The van der Waals surface area contributed by atoms with E-state index in [0.717, 1.165) is 17.9 Å². The van der Waals surface area contributed by atoms with Crippen LogP contribution in [0.3, 0.4) is 0 Å². The van der Waals surface area contributed by atoms with Crippen LogP contribution in [0, 0.1) is 0 Å². The number of fused-ring (bicyclic) bond motifs is 1. The van der Waals surface area contributed by atoms with Crippen molar-refractivity contribution in [1.82, 2.24) is 19.9 Å². The van der Waals surface area contributed by atoms with E-state index in [1.807, 2.05) is 28.8 Å². The highest BCUT2D eigenvalue weighted by Gasteiger charge is 2.05. The Kier molecular flexibility index (Phi) is 4.85. The van der Waals surface area contributed by atoms with Gasteiger partial charge in [-0.3, -0.25) is 9.20 Å². The molecule has 6 heteroatoms. The monoisotopic (exact) mass is 262 g/mol. The molecule has 19 heavy (non-hydrogen) atoms. The number of rotatable bonds is 7. The van der Waals surface area contributed by atoms with Crippen molar-refractivity contribution in [1.29, 1.82) is 0 Å². The Morgan fingerprint density at radius 1 is 1.32 bits per heavy atom. The molecule has 0 aromatic carbocycles. The largest absolute Gasteiger partial charge is 0.396 e. The van der Waals surface area contributed by atoms with Crippen LogP contribution in [0.4, 0.5) is 0 Å². The lowest BCUT2D eigenvalue weighted by Crippen LogP contribution is -2.25. The molecule has 2 aromatic heterocycles. The van der Waals surface area contributed by atoms with E-state index in [9.17, 15) is 4.79 Å². The molecule has 0 spiro atoms. The summed E-state index contributed by atoms with van der Waals surface area (Å²) >= 11 is 0. The maximum atomic E-state index is 11.5. The quantitative estimate of drug-likeness (QED) is 0.714. The van der Waals surface area contributed by atoms with Gasteiger partial charge < -0.3 is 10.4 Å². The Labute approximate surface area is 111 Å². The summed E-state index contributed by atoms with van der Waals surface area (Å²) in [6.07, 6.45) is 4.41. The van der Waals surface area contributed by atoms with Crippen molar-refractivity contribution in [3.05, 3.63) is 30.2 Å². The molecule has 0 saturated heterocycles. The van der Waals surface area contributed by atoms with Gasteiger partial charge in [-0.2, -0.15) is 0 Å². The summed E-state index contributed by atoms with van der Waals surface area (Å²) in [6.45, 7) is 0.687. The molecule has 0 saturated carbocycles. The Morgan fingerprint density at radius 2 is 2.21 bits per heavy atom. The molecular formula is C13H18N4O2. The zero-order valence-corrected chi connectivity index (χ0v) is 10.7. The van der Waals surface area contributed by atoms with E-state index in [0.29, 0.717) is 25.8 Å². The number of carbonyl (C=O) groups is 1. The summed E-state index contributed by atoms with van der Waals surface area (Å²) in [5.74, 6) is 0.855. The Bertz CT molecular complexity index is 538. The molecule has 1 amide bonds. The molecule has 0 unspecified atom stereocenters. The number of aromatic nitrogens is 3. The fourth-order valence-corrected chi connectivity index (χ4v) is 1.86. The van der Waals surface area contributed by atoms with Crippen LogP contribution in [0.1, 0.15) is 25.1 Å². The van der Waals surface area contributed by atoms with Gasteiger partial charge in [0.05, 0.1) is 0 Å². The number of unbranched alkanes of at least 4 members (excludes halogenated alkanes) is 1. The van der Waals surface area contributed by atoms with E-state index in [1.165, 1.54) is 0 Å². The number of nitrogens with zero attached hydrogens (tertiary/aromatic N) is 3. The van der Waals surface area contributed by atoms with E-state index >= 15 is 0 Å². The smallest absolute Gasteiger partial charge is 0.220 e. The van der Waals surface area contributed by atoms with Gasteiger partial charge in [-0.15, -0.1) is 10.2 Å². The number of amides is 1. The zero-order chi connectivity index (χ0) is 13.5. The van der Waals surface area contributed by atoms with Gasteiger partial charge in [-0.05, 0) is 25.0 Å². The van der Waals surface area contributed by atoms with Gasteiger partial charge in [0.15, 0.2) is 5.65 Å². The Hall–Kier alpha value is -1.95. The summed E-state index contributed by atoms with van der Waals surface area (Å²) in [6, 6.07) is 5.73. The first kappa shape index (κ1) is 13.5. The molecule has 0 aliphatic rings. The lowest BCUT2D eigenvalue weighted by atomic mass is 10.2. The number of aliphatic hydroxyl groups is 1. The number of nitrogens with one attached hydrogen (secondary N) is 1. The highest BCUT2D eigenvalue weighted by molar-refractivity contribution is 5.75. The predicted octanol–water partition coefficient (Wildman–Crippen LogP) is 0.551. The van der Waals surface area contributed by atoms with Crippen LogP contribution in [-0.2, 0) is 11.2 Å². The number of carbonyl (C=O) groups excluding carboxylic acids is 1. The molecule has 2 rings (SSSR count). The number of hydrogen-bond donors (Lipinski definition) is 2. The normalized spacial score (nSPS) is 10.8. The SMILES string of the molecule is O=C(CCCCO)NCCc1nnc2ccccn12. The van der Waals surface area contributed by atoms with Crippen LogP contribution in [0.2, 0.25) is 0 Å². The standard InChI is InChI=1S/C13H18N4O2/c18-10-4-2-6-13(19)14-8-7-12-16-15-11-5-1-3-9-17(11)12/h1,3,5,9,18H,2,4,6-8,10H2,(H,14,19). The van der Waals surface area contributed by atoms with Crippen LogP contribution < -0.4 is 5.32 Å². The van der Waals surface area contributed by atoms with Crippen LogP contribution in [0.15, 0.2) is 24.4 Å². The van der Waals surface area contributed by atoms with Gasteiger partial charge in [-0.1, -0.05) is 6.07 Å². The van der Waals surface area contributed by atoms with Gasteiger partial charge in [0.2, 0.25) is 5.91 Å². The maximum Gasteiger partial charge on any atom is 0.220 e. The first-order valence-electron chi connectivity index (χ1n) is 6.47. The molecule has 0 aliphatic heterocycles. The second-order valence-electron chi connectivity index (χ2n) is 4.33. The molecule has 0 fully saturated rings. The Balaban J connectivity index is 1.78. The summed E-state index contributed by atoms with van der Waals surface area (Å²) in [7, 11) is 0. The van der Waals surface area contributed by atoms with Crippen LogP contribution >= 0.6 is 0 Å². The van der Waals surface area contributed by atoms with Crippen molar-refractivity contribution in [3.8, 4) is 0 Å². The molecule has 6 nitrogen and oxygen atoms in total. The first-order valence-corrected chi connectivity index (χ1v) is 6.47.